The fourth-order valence-corrected chi connectivity index (χ4v) is 2.68. The average Bonchev–Trinajstić information content (AvgIpc) is 2.28. The Hall–Kier alpha value is -0.600. The van der Waals surface area contributed by atoms with Crippen molar-refractivity contribution in [2.24, 2.45) is 17.3 Å². The Bertz CT molecular complexity index is 242. The summed E-state index contributed by atoms with van der Waals surface area (Å²) in [6.45, 7) is 6.69. The van der Waals surface area contributed by atoms with Gasteiger partial charge in [0.25, 0.3) is 0 Å². The second-order valence-electron chi connectivity index (χ2n) is 5.69. The number of halogens is 1. The van der Waals surface area contributed by atoms with Crippen LogP contribution in [0.4, 0.5) is 4.39 Å². The summed E-state index contributed by atoms with van der Waals surface area (Å²) in [6.07, 6.45) is 2.85. The fraction of sp³-hybridized carbons (Fsp3) is 0.923. The largest absolute Gasteiger partial charge is 0.479 e. The molecule has 0 spiro atoms. The van der Waals surface area contributed by atoms with Crippen LogP contribution in [0.3, 0.4) is 0 Å². The molecule has 0 heterocycles. The quantitative estimate of drug-likeness (QED) is 0.800. The van der Waals surface area contributed by atoms with Gasteiger partial charge in [-0.05, 0) is 37.0 Å². The summed E-state index contributed by atoms with van der Waals surface area (Å²) < 4.78 is 13.3. The molecular weight excluding hydrogens is 207 g/mol. The van der Waals surface area contributed by atoms with E-state index < -0.39 is 12.1 Å². The summed E-state index contributed by atoms with van der Waals surface area (Å²) in [6, 6.07) is 0. The van der Waals surface area contributed by atoms with Gasteiger partial charge in [-0.3, -0.25) is 0 Å². The van der Waals surface area contributed by atoms with Crippen molar-refractivity contribution in [3.8, 4) is 0 Å². The van der Waals surface area contributed by atoms with Crippen molar-refractivity contribution in [1.29, 1.82) is 0 Å². The van der Waals surface area contributed by atoms with E-state index in [1.807, 2.05) is 0 Å². The molecule has 0 aromatic heterocycles. The number of carboxylic acid groups (broad SMARTS) is 1. The van der Waals surface area contributed by atoms with Crippen LogP contribution in [0.1, 0.15) is 52.9 Å². The van der Waals surface area contributed by atoms with Crippen molar-refractivity contribution in [1.82, 2.24) is 0 Å². The third-order valence-corrected chi connectivity index (χ3v) is 4.44. The SMILES string of the molecule is CCC(C)(C)C1CCC(C(F)C(=O)O)CC1. The summed E-state index contributed by atoms with van der Waals surface area (Å²) in [4.78, 5) is 10.6. The minimum atomic E-state index is -1.66. The first-order chi connectivity index (χ1) is 7.38. The first-order valence-electron chi connectivity index (χ1n) is 6.25. The minimum Gasteiger partial charge on any atom is -0.479 e. The lowest BCUT2D eigenvalue weighted by atomic mass is 9.67. The van der Waals surface area contributed by atoms with Gasteiger partial charge in [0.05, 0.1) is 0 Å². The Labute approximate surface area is 97.2 Å². The van der Waals surface area contributed by atoms with Crippen molar-refractivity contribution in [3.63, 3.8) is 0 Å². The maximum atomic E-state index is 13.3. The molecule has 0 aromatic carbocycles. The lowest BCUT2D eigenvalue weighted by Crippen LogP contribution is -2.33. The number of alkyl halides is 1. The van der Waals surface area contributed by atoms with Crippen LogP contribution in [0.2, 0.25) is 0 Å². The Balaban J connectivity index is 2.48. The van der Waals surface area contributed by atoms with E-state index in [2.05, 4.69) is 20.8 Å². The standard InChI is InChI=1S/C13H23FO2/c1-4-13(2,3)10-7-5-9(6-8-10)11(14)12(15)16/h9-11H,4-8H2,1-3H3,(H,15,16). The van der Waals surface area contributed by atoms with Gasteiger partial charge >= 0.3 is 5.97 Å². The molecule has 1 rings (SSSR count). The van der Waals surface area contributed by atoms with Crippen LogP contribution in [0, 0.1) is 17.3 Å². The smallest absolute Gasteiger partial charge is 0.338 e. The molecule has 3 heteroatoms. The highest BCUT2D eigenvalue weighted by Gasteiger charge is 2.36. The lowest BCUT2D eigenvalue weighted by Gasteiger charge is -2.39. The highest BCUT2D eigenvalue weighted by atomic mass is 19.1. The highest BCUT2D eigenvalue weighted by Crippen LogP contribution is 2.43. The predicted octanol–water partition coefficient (Wildman–Crippen LogP) is 3.65. The molecule has 1 aliphatic carbocycles. The number of aliphatic carboxylic acids is 1. The van der Waals surface area contributed by atoms with Crippen LogP contribution in [0.25, 0.3) is 0 Å². The maximum absolute atomic E-state index is 13.3. The molecule has 1 aliphatic rings. The fourth-order valence-electron chi connectivity index (χ4n) is 2.68. The van der Waals surface area contributed by atoms with E-state index in [-0.39, 0.29) is 5.92 Å². The first-order valence-corrected chi connectivity index (χ1v) is 6.25. The highest BCUT2D eigenvalue weighted by molar-refractivity contribution is 5.72. The number of carboxylic acids is 1. The normalized spacial score (nSPS) is 28.8. The Kier molecular flexibility index (Phi) is 4.34. The number of hydrogen-bond acceptors (Lipinski definition) is 1. The Morgan fingerprint density at radius 1 is 1.38 bits per heavy atom. The van der Waals surface area contributed by atoms with Gasteiger partial charge < -0.3 is 5.11 Å². The molecule has 94 valence electrons. The second kappa shape index (κ2) is 5.15. The van der Waals surface area contributed by atoms with E-state index in [1.54, 1.807) is 0 Å². The lowest BCUT2D eigenvalue weighted by molar-refractivity contribution is -0.145. The second-order valence-corrected chi connectivity index (χ2v) is 5.69. The van der Waals surface area contributed by atoms with Crippen LogP contribution in [0.15, 0.2) is 0 Å². The molecule has 2 nitrogen and oxygen atoms in total. The van der Waals surface area contributed by atoms with E-state index in [0.717, 1.165) is 32.1 Å². The molecule has 1 N–H and O–H groups in total. The summed E-state index contributed by atoms with van der Waals surface area (Å²) in [7, 11) is 0. The molecule has 1 atom stereocenters. The molecule has 0 bridgehead atoms. The Morgan fingerprint density at radius 3 is 2.25 bits per heavy atom. The van der Waals surface area contributed by atoms with Crippen LogP contribution in [0.5, 0.6) is 0 Å². The van der Waals surface area contributed by atoms with Gasteiger partial charge in [-0.25, -0.2) is 9.18 Å². The predicted molar refractivity (Wildman–Crippen MR) is 62.1 cm³/mol. The van der Waals surface area contributed by atoms with Crippen LogP contribution >= 0.6 is 0 Å². The monoisotopic (exact) mass is 230 g/mol. The van der Waals surface area contributed by atoms with Gasteiger partial charge in [0, 0.05) is 5.92 Å². The Morgan fingerprint density at radius 2 is 1.88 bits per heavy atom. The molecule has 1 saturated carbocycles. The van der Waals surface area contributed by atoms with E-state index in [0.29, 0.717) is 11.3 Å². The molecule has 0 aromatic rings. The van der Waals surface area contributed by atoms with Crippen molar-refractivity contribution in [2.75, 3.05) is 0 Å². The topological polar surface area (TPSA) is 37.3 Å². The van der Waals surface area contributed by atoms with Gasteiger partial charge in [-0.2, -0.15) is 0 Å². The summed E-state index contributed by atoms with van der Waals surface area (Å²) >= 11 is 0. The van der Waals surface area contributed by atoms with Crippen LogP contribution in [-0.2, 0) is 4.79 Å². The van der Waals surface area contributed by atoms with Crippen LogP contribution < -0.4 is 0 Å². The number of carbonyl (C=O) groups is 1. The number of hydrogen-bond donors (Lipinski definition) is 1. The van der Waals surface area contributed by atoms with E-state index in [9.17, 15) is 9.18 Å². The summed E-state index contributed by atoms with van der Waals surface area (Å²) in [5, 5.41) is 8.63. The summed E-state index contributed by atoms with van der Waals surface area (Å²) in [5.74, 6) is -0.936. The molecular formula is C13H23FO2. The van der Waals surface area contributed by atoms with E-state index in [4.69, 9.17) is 5.11 Å². The van der Waals surface area contributed by atoms with E-state index >= 15 is 0 Å². The van der Waals surface area contributed by atoms with Crippen molar-refractivity contribution in [3.05, 3.63) is 0 Å². The van der Waals surface area contributed by atoms with Crippen molar-refractivity contribution >= 4 is 5.97 Å². The molecule has 0 radical (unpaired) electrons. The third-order valence-electron chi connectivity index (χ3n) is 4.44. The zero-order valence-corrected chi connectivity index (χ0v) is 10.5. The molecule has 0 saturated heterocycles. The first kappa shape index (κ1) is 13.5. The summed E-state index contributed by atoms with van der Waals surface area (Å²) in [5.41, 5.74) is 0.306. The van der Waals surface area contributed by atoms with Gasteiger partial charge in [0.2, 0.25) is 0 Å². The van der Waals surface area contributed by atoms with Gasteiger partial charge in [0.15, 0.2) is 6.17 Å². The van der Waals surface area contributed by atoms with Gasteiger partial charge in [-0.1, -0.05) is 27.2 Å². The zero-order valence-electron chi connectivity index (χ0n) is 10.5. The van der Waals surface area contributed by atoms with E-state index in [1.165, 1.54) is 0 Å². The molecule has 16 heavy (non-hydrogen) atoms. The molecule has 1 unspecified atom stereocenters. The third kappa shape index (κ3) is 2.96. The maximum Gasteiger partial charge on any atom is 0.338 e. The zero-order chi connectivity index (χ0) is 12.3. The van der Waals surface area contributed by atoms with Crippen molar-refractivity contribution in [2.45, 2.75) is 59.0 Å². The molecule has 1 fully saturated rings. The average molecular weight is 230 g/mol. The van der Waals surface area contributed by atoms with Crippen LogP contribution in [-0.4, -0.2) is 17.2 Å². The minimum absolute atomic E-state index is 0.263. The van der Waals surface area contributed by atoms with Crippen molar-refractivity contribution < 1.29 is 14.3 Å². The number of rotatable bonds is 4. The van der Waals surface area contributed by atoms with Gasteiger partial charge in [0.1, 0.15) is 0 Å². The van der Waals surface area contributed by atoms with Gasteiger partial charge in [-0.15, -0.1) is 0 Å². The molecule has 0 aliphatic heterocycles. The molecule has 0 amide bonds.